The Bertz CT molecular complexity index is 1140. The second-order valence-corrected chi connectivity index (χ2v) is 7.95. The van der Waals surface area contributed by atoms with Crippen molar-refractivity contribution in [1.82, 2.24) is 19.2 Å². The predicted molar refractivity (Wildman–Crippen MR) is 123 cm³/mol. The van der Waals surface area contributed by atoms with Crippen molar-refractivity contribution in [2.75, 3.05) is 30.9 Å². The minimum Gasteiger partial charge on any atom is -0.381 e. The molecule has 2 fully saturated rings. The van der Waals surface area contributed by atoms with E-state index in [2.05, 4.69) is 20.7 Å². The van der Waals surface area contributed by atoms with Gasteiger partial charge in [0.05, 0.1) is 6.20 Å². The van der Waals surface area contributed by atoms with Crippen LogP contribution in [0.3, 0.4) is 0 Å². The van der Waals surface area contributed by atoms with Crippen LogP contribution < -0.4 is 21.9 Å². The van der Waals surface area contributed by atoms with Crippen LogP contribution in [0.1, 0.15) is 54.9 Å². The van der Waals surface area contributed by atoms with Gasteiger partial charge in [-0.05, 0) is 25.0 Å². The van der Waals surface area contributed by atoms with Crippen LogP contribution in [0.15, 0.2) is 35.4 Å². The van der Waals surface area contributed by atoms with Gasteiger partial charge < -0.3 is 25.7 Å². The number of hydrogen-bond donors (Lipinski definition) is 3. The molecule has 1 saturated carbocycles. The summed E-state index contributed by atoms with van der Waals surface area (Å²) in [5.74, 6) is 0.380. The zero-order valence-electron chi connectivity index (χ0n) is 18.2. The first-order valence-electron chi connectivity index (χ1n) is 11.0. The van der Waals surface area contributed by atoms with E-state index in [1.807, 2.05) is 6.07 Å². The molecule has 3 aromatic rings. The first-order chi connectivity index (χ1) is 15.6. The van der Waals surface area contributed by atoms with Crippen molar-refractivity contribution in [2.24, 2.45) is 5.73 Å². The summed E-state index contributed by atoms with van der Waals surface area (Å²) in [7, 11) is 1.73. The maximum absolute atomic E-state index is 12.9. The van der Waals surface area contributed by atoms with Crippen molar-refractivity contribution in [3.8, 4) is 0 Å². The third kappa shape index (κ3) is 4.59. The lowest BCUT2D eigenvalue weighted by Crippen LogP contribution is -2.29. The van der Waals surface area contributed by atoms with Gasteiger partial charge in [-0.15, -0.1) is 0 Å². The number of rotatable bonds is 5. The molecule has 32 heavy (non-hydrogen) atoms. The number of fused-ring (bicyclic) bond motifs is 1. The number of carbonyl (C=O) groups is 1. The Morgan fingerprint density at radius 1 is 1.22 bits per heavy atom. The fourth-order valence-corrected chi connectivity index (χ4v) is 3.62. The molecule has 10 heteroatoms. The zero-order valence-corrected chi connectivity index (χ0v) is 18.2. The molecule has 3 aromatic heterocycles. The number of hydrogen-bond acceptors (Lipinski definition) is 7. The summed E-state index contributed by atoms with van der Waals surface area (Å²) in [6.07, 6.45) is 10.8. The standard InChI is InChI=1S/C18H21N7O3.C4H8/c1-20-15-9-14(23-17-12(16(19)26)10-21-25(15)17)22-13-3-2-6-24(18(13)27)11-4-7-28-8-5-11;1-2-4-3-1/h2-3,6,9-11,20H,4-5,7-8H2,1H3,(H2,19,26)(H,22,23);1-4H2. The van der Waals surface area contributed by atoms with Gasteiger partial charge in [-0.3, -0.25) is 9.59 Å². The lowest BCUT2D eigenvalue weighted by atomic mass is 10.0. The van der Waals surface area contributed by atoms with Crippen molar-refractivity contribution in [3.05, 3.63) is 46.5 Å². The van der Waals surface area contributed by atoms with Gasteiger partial charge in [0, 0.05) is 38.6 Å². The van der Waals surface area contributed by atoms with E-state index in [1.54, 1.807) is 29.9 Å². The minimum atomic E-state index is -0.622. The second kappa shape index (κ2) is 9.82. The minimum absolute atomic E-state index is 0.114. The van der Waals surface area contributed by atoms with E-state index >= 15 is 0 Å². The van der Waals surface area contributed by atoms with Gasteiger partial charge >= 0.3 is 0 Å². The summed E-state index contributed by atoms with van der Waals surface area (Å²) in [6, 6.07) is 5.34. The summed E-state index contributed by atoms with van der Waals surface area (Å²) in [5.41, 5.74) is 6.18. The van der Waals surface area contributed by atoms with Gasteiger partial charge in [0.1, 0.15) is 22.9 Å². The number of primary amides is 1. The van der Waals surface area contributed by atoms with Gasteiger partial charge in [-0.25, -0.2) is 4.98 Å². The average Bonchev–Trinajstić information content (AvgIpc) is 3.18. The van der Waals surface area contributed by atoms with Crippen molar-refractivity contribution in [2.45, 2.75) is 44.6 Å². The molecule has 0 radical (unpaired) electrons. The van der Waals surface area contributed by atoms with Crippen LogP contribution in [0.5, 0.6) is 0 Å². The van der Waals surface area contributed by atoms with Crippen molar-refractivity contribution in [3.63, 3.8) is 0 Å². The Morgan fingerprint density at radius 2 is 1.94 bits per heavy atom. The lowest BCUT2D eigenvalue weighted by molar-refractivity contribution is 0.0687. The van der Waals surface area contributed by atoms with E-state index in [0.29, 0.717) is 36.2 Å². The highest BCUT2D eigenvalue weighted by Crippen LogP contribution is 2.22. The lowest BCUT2D eigenvalue weighted by Gasteiger charge is -2.24. The van der Waals surface area contributed by atoms with Crippen LogP contribution in [0, 0.1) is 0 Å². The van der Waals surface area contributed by atoms with E-state index in [-0.39, 0.29) is 17.2 Å². The maximum Gasteiger partial charge on any atom is 0.274 e. The second-order valence-electron chi connectivity index (χ2n) is 7.95. The number of nitrogens with two attached hydrogens (primary N) is 1. The topological polar surface area (TPSA) is 129 Å². The molecule has 0 aromatic carbocycles. The largest absolute Gasteiger partial charge is 0.381 e. The third-order valence-electron chi connectivity index (χ3n) is 5.81. The number of nitrogens with one attached hydrogen (secondary N) is 2. The van der Waals surface area contributed by atoms with E-state index in [4.69, 9.17) is 10.5 Å². The molecule has 2 aliphatic rings. The molecule has 5 rings (SSSR count). The molecule has 4 N–H and O–H groups in total. The SMILES string of the molecule is C1CCC1.CNc1cc(Nc2cccn(C3CCOCC3)c2=O)nc2c(C(N)=O)cnn12. The maximum atomic E-state index is 12.9. The summed E-state index contributed by atoms with van der Waals surface area (Å²) in [5, 5.41) is 10.2. The highest BCUT2D eigenvalue weighted by molar-refractivity contribution is 5.98. The molecule has 10 nitrogen and oxygen atoms in total. The Hall–Kier alpha value is -3.40. The van der Waals surface area contributed by atoms with Gasteiger partial charge in [-0.2, -0.15) is 9.61 Å². The molecule has 170 valence electrons. The fourth-order valence-electron chi connectivity index (χ4n) is 3.62. The molecule has 1 aliphatic carbocycles. The third-order valence-corrected chi connectivity index (χ3v) is 5.81. The first-order valence-corrected chi connectivity index (χ1v) is 11.0. The summed E-state index contributed by atoms with van der Waals surface area (Å²) in [4.78, 5) is 29.0. The Kier molecular flexibility index (Phi) is 6.69. The number of amides is 1. The number of nitrogens with zero attached hydrogens (tertiary/aromatic N) is 4. The number of aromatic nitrogens is 4. The fraction of sp³-hybridized carbons (Fsp3) is 0.455. The number of pyridine rings is 1. The number of ether oxygens (including phenoxy) is 1. The van der Waals surface area contributed by atoms with Crippen LogP contribution >= 0.6 is 0 Å². The molecule has 0 spiro atoms. The molecule has 0 atom stereocenters. The Labute approximate surface area is 185 Å². The van der Waals surface area contributed by atoms with Crippen molar-refractivity contribution in [1.29, 1.82) is 0 Å². The Balaban J connectivity index is 0.000000552. The molecule has 0 unspecified atom stereocenters. The van der Waals surface area contributed by atoms with Gasteiger partial charge in [0.2, 0.25) is 0 Å². The highest BCUT2D eigenvalue weighted by Gasteiger charge is 2.19. The number of carbonyl (C=O) groups excluding carboxylic acids is 1. The predicted octanol–water partition coefficient (Wildman–Crippen LogP) is 2.69. The van der Waals surface area contributed by atoms with Crippen molar-refractivity contribution < 1.29 is 9.53 Å². The quantitative estimate of drug-likeness (QED) is 0.557. The van der Waals surface area contributed by atoms with E-state index in [0.717, 1.165) is 12.8 Å². The van der Waals surface area contributed by atoms with E-state index in [9.17, 15) is 9.59 Å². The van der Waals surface area contributed by atoms with Gasteiger partial charge in [-0.1, -0.05) is 25.7 Å². The molecule has 1 aliphatic heterocycles. The molecular weight excluding hydrogens is 410 g/mol. The first kappa shape index (κ1) is 21.8. The monoisotopic (exact) mass is 439 g/mol. The smallest absolute Gasteiger partial charge is 0.274 e. The van der Waals surface area contributed by atoms with Crippen LogP contribution in [-0.2, 0) is 4.74 Å². The summed E-state index contributed by atoms with van der Waals surface area (Å²) < 4.78 is 8.60. The highest BCUT2D eigenvalue weighted by atomic mass is 16.5. The van der Waals surface area contributed by atoms with Crippen LogP contribution in [0.25, 0.3) is 5.65 Å². The zero-order chi connectivity index (χ0) is 22.5. The summed E-state index contributed by atoms with van der Waals surface area (Å²) in [6.45, 7) is 1.30. The Morgan fingerprint density at radius 3 is 2.56 bits per heavy atom. The van der Waals surface area contributed by atoms with Crippen molar-refractivity contribution >= 4 is 28.9 Å². The van der Waals surface area contributed by atoms with Crippen LogP contribution in [-0.4, -0.2) is 45.3 Å². The van der Waals surface area contributed by atoms with Crippen LogP contribution in [0.4, 0.5) is 17.3 Å². The summed E-state index contributed by atoms with van der Waals surface area (Å²) >= 11 is 0. The van der Waals surface area contributed by atoms with E-state index < -0.39 is 5.91 Å². The normalized spacial score (nSPS) is 16.0. The van der Waals surface area contributed by atoms with E-state index in [1.165, 1.54) is 36.4 Å². The number of anilines is 3. The van der Waals surface area contributed by atoms with Crippen LogP contribution in [0.2, 0.25) is 0 Å². The van der Waals surface area contributed by atoms with Gasteiger partial charge in [0.15, 0.2) is 5.65 Å². The average molecular weight is 440 g/mol. The molecule has 0 bridgehead atoms. The molecule has 1 saturated heterocycles. The van der Waals surface area contributed by atoms with Gasteiger partial charge in [0.25, 0.3) is 11.5 Å². The molecule has 4 heterocycles. The molecular formula is C22H29N7O3. The molecule has 1 amide bonds.